The van der Waals surface area contributed by atoms with Crippen LogP contribution in [0.3, 0.4) is 0 Å². The predicted molar refractivity (Wildman–Crippen MR) is 99.1 cm³/mol. The lowest BCUT2D eigenvalue weighted by Crippen LogP contribution is -2.47. The average Bonchev–Trinajstić information content (AvgIpc) is 2.67. The first-order valence-electron chi connectivity index (χ1n) is 8.75. The van der Waals surface area contributed by atoms with Crippen LogP contribution >= 0.6 is 0 Å². The number of hydrogen-bond acceptors (Lipinski definition) is 8. The van der Waals surface area contributed by atoms with Gasteiger partial charge in [0.25, 0.3) is 10.9 Å². The van der Waals surface area contributed by atoms with Gasteiger partial charge in [-0.05, 0) is 11.8 Å². The molecule has 1 aromatic rings. The van der Waals surface area contributed by atoms with Crippen molar-refractivity contribution in [3.05, 3.63) is 20.4 Å². The van der Waals surface area contributed by atoms with E-state index >= 15 is 0 Å². The lowest BCUT2D eigenvalue weighted by Gasteiger charge is -2.27. The minimum absolute atomic E-state index is 0.00269. The molecule has 0 aromatic heterocycles. The minimum atomic E-state index is -0.769. The highest BCUT2D eigenvalue weighted by molar-refractivity contribution is 5.86. The first-order chi connectivity index (χ1) is 12.2. The third kappa shape index (κ3) is 4.42. The van der Waals surface area contributed by atoms with Crippen molar-refractivity contribution in [2.24, 2.45) is 11.8 Å². The minimum Gasteiger partial charge on any atom is -0.467 e. The van der Waals surface area contributed by atoms with Gasteiger partial charge in [0.2, 0.25) is 0 Å². The van der Waals surface area contributed by atoms with Gasteiger partial charge in [0.05, 0.1) is 14.2 Å². The van der Waals surface area contributed by atoms with Gasteiger partial charge in [-0.25, -0.2) is 9.59 Å². The molecule has 0 aliphatic carbocycles. The topological polar surface area (TPSA) is 111 Å². The normalized spacial score (nSPS) is 15.6. The van der Waals surface area contributed by atoms with Crippen molar-refractivity contribution >= 4 is 23.3 Å². The predicted octanol–water partition coefficient (Wildman–Crippen LogP) is 1.28. The Bertz CT molecular complexity index is 647. The first kappa shape index (κ1) is 21.7. The molecule has 0 aliphatic rings. The number of methoxy groups -OCH3 is 2. The van der Waals surface area contributed by atoms with Crippen LogP contribution in [-0.2, 0) is 19.1 Å². The Morgan fingerprint density at radius 2 is 1.12 bits per heavy atom. The van der Waals surface area contributed by atoms with E-state index in [1.54, 1.807) is 0 Å². The molecule has 0 saturated carbocycles. The highest BCUT2D eigenvalue weighted by Gasteiger charge is 2.33. The van der Waals surface area contributed by atoms with Crippen molar-refractivity contribution in [1.82, 2.24) is 0 Å². The van der Waals surface area contributed by atoms with E-state index in [9.17, 15) is 19.2 Å². The molecule has 0 saturated heterocycles. The van der Waals surface area contributed by atoms with E-state index in [0.717, 1.165) is 0 Å². The largest absolute Gasteiger partial charge is 0.467 e. The summed E-state index contributed by atoms with van der Waals surface area (Å²) in [5.74, 6) is -1.29. The summed E-state index contributed by atoms with van der Waals surface area (Å²) in [4.78, 5) is 48.1. The maximum Gasteiger partial charge on any atom is 0.328 e. The van der Waals surface area contributed by atoms with E-state index in [1.807, 2.05) is 27.7 Å². The highest BCUT2D eigenvalue weighted by Crippen LogP contribution is 2.23. The molecule has 0 heterocycles. The molecule has 0 bridgehead atoms. The number of rotatable bonds is 10. The van der Waals surface area contributed by atoms with Crippen molar-refractivity contribution in [2.75, 3.05) is 24.9 Å². The maximum absolute atomic E-state index is 12.0. The molecule has 8 nitrogen and oxygen atoms in total. The standard InChI is InChI=1S/C18H28N2O6/c1-7-9(3)11(17(23)25-5)19-13-14(16(22)15(13)21)20-12(10(4)8-2)18(24)26-6/h9-12,19-20H,7-8H2,1-6H3. The Labute approximate surface area is 152 Å². The average molecular weight is 368 g/mol. The molecule has 0 spiro atoms. The van der Waals surface area contributed by atoms with Crippen LogP contribution in [0.15, 0.2) is 9.59 Å². The summed E-state index contributed by atoms with van der Waals surface area (Å²) in [7, 11) is 2.52. The third-order valence-electron chi connectivity index (χ3n) is 4.85. The summed E-state index contributed by atoms with van der Waals surface area (Å²) in [5, 5.41) is 5.65. The lowest BCUT2D eigenvalue weighted by atomic mass is 9.96. The first-order valence-corrected chi connectivity index (χ1v) is 8.75. The van der Waals surface area contributed by atoms with E-state index in [0.29, 0.717) is 12.8 Å². The van der Waals surface area contributed by atoms with Crippen molar-refractivity contribution < 1.29 is 19.1 Å². The summed E-state index contributed by atoms with van der Waals surface area (Å²) < 4.78 is 9.56. The maximum atomic E-state index is 12.0. The number of carbonyl (C=O) groups excluding carboxylic acids is 2. The van der Waals surface area contributed by atoms with Crippen LogP contribution < -0.4 is 21.5 Å². The number of esters is 2. The van der Waals surface area contributed by atoms with Gasteiger partial charge in [0, 0.05) is 0 Å². The summed E-state index contributed by atoms with van der Waals surface area (Å²) in [6.07, 6.45) is 1.34. The zero-order valence-corrected chi connectivity index (χ0v) is 16.2. The molecular formula is C18H28N2O6. The van der Waals surface area contributed by atoms with Gasteiger partial charge < -0.3 is 20.1 Å². The Hall–Kier alpha value is -2.38. The Kier molecular flexibility index (Phi) is 7.79. The number of ether oxygens (including phenoxy) is 2. The van der Waals surface area contributed by atoms with Crippen LogP contribution in [-0.4, -0.2) is 38.2 Å². The number of carbonyl (C=O) groups is 2. The number of nitrogens with one attached hydrogen (secondary N) is 2. The van der Waals surface area contributed by atoms with Crippen LogP contribution in [0, 0.1) is 11.8 Å². The molecule has 0 amide bonds. The number of anilines is 2. The lowest BCUT2D eigenvalue weighted by molar-refractivity contribution is -0.143. The fraction of sp³-hybridized carbons (Fsp3) is 0.667. The monoisotopic (exact) mass is 368 g/mol. The van der Waals surface area contributed by atoms with Gasteiger partial charge in [-0.3, -0.25) is 9.59 Å². The van der Waals surface area contributed by atoms with Crippen LogP contribution in [0.4, 0.5) is 11.4 Å². The smallest absolute Gasteiger partial charge is 0.328 e. The van der Waals surface area contributed by atoms with Gasteiger partial charge in [-0.1, -0.05) is 40.5 Å². The summed E-state index contributed by atoms with van der Waals surface area (Å²) in [6.45, 7) is 7.48. The quantitative estimate of drug-likeness (QED) is 0.469. The molecule has 8 heteroatoms. The van der Waals surface area contributed by atoms with Gasteiger partial charge in [0.15, 0.2) is 0 Å². The SMILES string of the molecule is CCC(C)C(Nc1c(NC(C(=O)OC)C(C)CC)c(=O)c1=O)C(=O)OC. The van der Waals surface area contributed by atoms with Gasteiger partial charge in [0.1, 0.15) is 23.5 Å². The molecule has 1 rings (SSSR count). The van der Waals surface area contributed by atoms with Crippen molar-refractivity contribution in [1.29, 1.82) is 0 Å². The fourth-order valence-electron chi connectivity index (χ4n) is 2.57. The molecular weight excluding hydrogens is 340 g/mol. The van der Waals surface area contributed by atoms with Gasteiger partial charge in [-0.15, -0.1) is 0 Å². The van der Waals surface area contributed by atoms with Crippen LogP contribution in [0.2, 0.25) is 0 Å². The molecule has 0 fully saturated rings. The molecule has 4 atom stereocenters. The van der Waals surface area contributed by atoms with Crippen molar-refractivity contribution in [2.45, 2.75) is 52.6 Å². The Balaban J connectivity index is 3.15. The van der Waals surface area contributed by atoms with Crippen molar-refractivity contribution in [3.8, 4) is 0 Å². The Morgan fingerprint density at radius 3 is 1.35 bits per heavy atom. The second kappa shape index (κ2) is 9.35. The van der Waals surface area contributed by atoms with Crippen molar-refractivity contribution in [3.63, 3.8) is 0 Å². The molecule has 4 unspecified atom stereocenters. The van der Waals surface area contributed by atoms with Gasteiger partial charge in [-0.2, -0.15) is 0 Å². The molecule has 146 valence electrons. The molecule has 2 N–H and O–H groups in total. The third-order valence-corrected chi connectivity index (χ3v) is 4.85. The number of hydrogen-bond donors (Lipinski definition) is 2. The Morgan fingerprint density at radius 1 is 0.808 bits per heavy atom. The van der Waals surface area contributed by atoms with E-state index in [4.69, 9.17) is 9.47 Å². The van der Waals surface area contributed by atoms with Crippen LogP contribution in [0.1, 0.15) is 40.5 Å². The molecule has 1 aromatic carbocycles. The summed E-state index contributed by atoms with van der Waals surface area (Å²) in [6, 6.07) is -1.54. The second-order valence-electron chi connectivity index (χ2n) is 6.47. The molecule has 0 radical (unpaired) electrons. The molecule has 26 heavy (non-hydrogen) atoms. The second-order valence-corrected chi connectivity index (χ2v) is 6.47. The zero-order valence-electron chi connectivity index (χ0n) is 16.2. The van der Waals surface area contributed by atoms with E-state index in [2.05, 4.69) is 10.6 Å². The summed E-state index contributed by atoms with van der Waals surface area (Å²) in [5.41, 5.74) is -1.44. The van der Waals surface area contributed by atoms with Crippen LogP contribution in [0.5, 0.6) is 0 Å². The van der Waals surface area contributed by atoms with E-state index in [1.165, 1.54) is 14.2 Å². The zero-order chi connectivity index (χ0) is 20.0. The van der Waals surface area contributed by atoms with Gasteiger partial charge >= 0.3 is 11.9 Å². The van der Waals surface area contributed by atoms with E-state index < -0.39 is 34.9 Å². The highest BCUT2D eigenvalue weighted by atomic mass is 16.5. The summed E-state index contributed by atoms with van der Waals surface area (Å²) >= 11 is 0. The van der Waals surface area contributed by atoms with Crippen LogP contribution in [0.25, 0.3) is 0 Å². The van der Waals surface area contributed by atoms with E-state index in [-0.39, 0.29) is 23.2 Å². The fourth-order valence-corrected chi connectivity index (χ4v) is 2.57. The molecule has 0 aliphatic heterocycles.